The number of rotatable bonds is 4. The van der Waals surface area contributed by atoms with Gasteiger partial charge in [-0.1, -0.05) is 15.9 Å². The van der Waals surface area contributed by atoms with Gasteiger partial charge in [-0.15, -0.1) is 0 Å². The van der Waals surface area contributed by atoms with E-state index in [2.05, 4.69) is 20.9 Å². The van der Waals surface area contributed by atoms with Gasteiger partial charge >= 0.3 is 0 Å². The first kappa shape index (κ1) is 12.8. The Labute approximate surface area is 114 Å². The smallest absolute Gasteiger partial charge is 0.151 e. The standard InChI is InChI=1S/C14H12BrNO2/c1-10-4-11(7-16-6-10)9-18-13-2-3-14(15)12(5-13)8-17/h2-8H,9H2,1H3. The van der Waals surface area contributed by atoms with E-state index in [1.807, 2.05) is 19.1 Å². The molecule has 0 aliphatic rings. The lowest BCUT2D eigenvalue weighted by molar-refractivity contribution is 0.112. The van der Waals surface area contributed by atoms with Gasteiger partial charge in [-0.2, -0.15) is 0 Å². The third-order valence-electron chi connectivity index (χ3n) is 2.43. The predicted octanol–water partition coefficient (Wildman–Crippen LogP) is 3.54. The minimum absolute atomic E-state index is 0.439. The summed E-state index contributed by atoms with van der Waals surface area (Å²) in [5, 5.41) is 0. The number of benzene rings is 1. The molecule has 2 aromatic rings. The molecule has 0 atom stereocenters. The van der Waals surface area contributed by atoms with E-state index < -0.39 is 0 Å². The topological polar surface area (TPSA) is 39.2 Å². The summed E-state index contributed by atoms with van der Waals surface area (Å²) in [6.45, 7) is 2.43. The average molecular weight is 306 g/mol. The van der Waals surface area contributed by atoms with Crippen LogP contribution in [0.2, 0.25) is 0 Å². The molecule has 0 aliphatic carbocycles. The molecule has 92 valence electrons. The zero-order chi connectivity index (χ0) is 13.0. The summed E-state index contributed by atoms with van der Waals surface area (Å²) in [6, 6.07) is 7.35. The number of nitrogens with zero attached hydrogens (tertiary/aromatic N) is 1. The molecule has 0 aliphatic heterocycles. The summed E-state index contributed by atoms with van der Waals surface area (Å²) < 4.78 is 6.39. The first-order valence-electron chi connectivity index (χ1n) is 5.47. The number of hydrogen-bond donors (Lipinski definition) is 0. The molecule has 18 heavy (non-hydrogen) atoms. The van der Waals surface area contributed by atoms with Crippen LogP contribution >= 0.6 is 15.9 Å². The van der Waals surface area contributed by atoms with E-state index in [0.29, 0.717) is 17.9 Å². The normalized spacial score (nSPS) is 10.1. The molecule has 2 rings (SSSR count). The molecule has 0 unspecified atom stereocenters. The third kappa shape index (κ3) is 3.17. The van der Waals surface area contributed by atoms with E-state index >= 15 is 0 Å². The van der Waals surface area contributed by atoms with Crippen molar-refractivity contribution in [3.05, 3.63) is 57.8 Å². The fraction of sp³-hybridized carbons (Fsp3) is 0.143. The number of aromatic nitrogens is 1. The van der Waals surface area contributed by atoms with Gasteiger partial charge < -0.3 is 4.74 Å². The number of pyridine rings is 1. The highest BCUT2D eigenvalue weighted by atomic mass is 79.9. The van der Waals surface area contributed by atoms with Crippen LogP contribution in [0.25, 0.3) is 0 Å². The van der Waals surface area contributed by atoms with E-state index in [1.54, 1.807) is 24.5 Å². The number of aldehydes is 1. The summed E-state index contributed by atoms with van der Waals surface area (Å²) in [5.74, 6) is 0.668. The van der Waals surface area contributed by atoms with Gasteiger partial charge in [0.2, 0.25) is 0 Å². The fourth-order valence-electron chi connectivity index (χ4n) is 1.57. The lowest BCUT2D eigenvalue weighted by Crippen LogP contribution is -1.97. The van der Waals surface area contributed by atoms with Crippen LogP contribution in [0.15, 0.2) is 41.1 Å². The number of carbonyl (C=O) groups excluding carboxylic acids is 1. The molecule has 0 bridgehead atoms. The van der Waals surface area contributed by atoms with E-state index in [9.17, 15) is 4.79 Å². The molecule has 0 N–H and O–H groups in total. The molecule has 0 amide bonds. The minimum Gasteiger partial charge on any atom is -0.489 e. The maximum Gasteiger partial charge on any atom is 0.151 e. The first-order valence-corrected chi connectivity index (χ1v) is 6.26. The second-order valence-electron chi connectivity index (χ2n) is 3.96. The van der Waals surface area contributed by atoms with Crippen molar-refractivity contribution in [1.29, 1.82) is 0 Å². The van der Waals surface area contributed by atoms with Gasteiger partial charge in [-0.25, -0.2) is 0 Å². The SMILES string of the molecule is Cc1cncc(COc2ccc(Br)c(C=O)c2)c1. The third-order valence-corrected chi connectivity index (χ3v) is 3.15. The molecular formula is C14H12BrNO2. The largest absolute Gasteiger partial charge is 0.489 e. The molecule has 1 aromatic carbocycles. The monoisotopic (exact) mass is 305 g/mol. The van der Waals surface area contributed by atoms with E-state index in [4.69, 9.17) is 4.74 Å². The van der Waals surface area contributed by atoms with Crippen molar-refractivity contribution in [2.24, 2.45) is 0 Å². The molecule has 1 aromatic heterocycles. The zero-order valence-corrected chi connectivity index (χ0v) is 11.5. The van der Waals surface area contributed by atoms with Crippen molar-refractivity contribution >= 4 is 22.2 Å². The highest BCUT2D eigenvalue weighted by molar-refractivity contribution is 9.10. The second kappa shape index (κ2) is 5.78. The van der Waals surface area contributed by atoms with E-state index in [-0.39, 0.29) is 0 Å². The van der Waals surface area contributed by atoms with Crippen LogP contribution < -0.4 is 4.74 Å². The maximum absolute atomic E-state index is 10.8. The van der Waals surface area contributed by atoms with Gasteiger partial charge in [-0.3, -0.25) is 9.78 Å². The Kier molecular flexibility index (Phi) is 4.10. The van der Waals surface area contributed by atoms with Gasteiger partial charge in [0, 0.05) is 28.0 Å². The fourth-order valence-corrected chi connectivity index (χ4v) is 1.91. The lowest BCUT2D eigenvalue weighted by atomic mass is 10.2. The van der Waals surface area contributed by atoms with Crippen LogP contribution in [-0.2, 0) is 6.61 Å². The number of hydrogen-bond acceptors (Lipinski definition) is 3. The van der Waals surface area contributed by atoms with Crippen molar-refractivity contribution < 1.29 is 9.53 Å². The van der Waals surface area contributed by atoms with Crippen LogP contribution in [0.4, 0.5) is 0 Å². The number of halogens is 1. The summed E-state index contributed by atoms with van der Waals surface area (Å²) >= 11 is 3.30. The van der Waals surface area contributed by atoms with Gasteiger partial charge in [0.25, 0.3) is 0 Å². The number of carbonyl (C=O) groups is 1. The molecule has 0 fully saturated rings. The second-order valence-corrected chi connectivity index (χ2v) is 4.81. The summed E-state index contributed by atoms with van der Waals surface area (Å²) in [4.78, 5) is 14.9. The van der Waals surface area contributed by atoms with Crippen LogP contribution in [0.3, 0.4) is 0 Å². The average Bonchev–Trinajstić information content (AvgIpc) is 2.38. The van der Waals surface area contributed by atoms with Crippen LogP contribution in [0.1, 0.15) is 21.5 Å². The Bertz CT molecular complexity index is 569. The minimum atomic E-state index is 0.439. The molecule has 0 radical (unpaired) electrons. The summed E-state index contributed by atoms with van der Waals surface area (Å²) in [7, 11) is 0. The molecule has 0 saturated heterocycles. The lowest BCUT2D eigenvalue weighted by Gasteiger charge is -2.07. The van der Waals surface area contributed by atoms with Gasteiger partial charge in [0.1, 0.15) is 12.4 Å². The maximum atomic E-state index is 10.8. The van der Waals surface area contributed by atoms with Crippen LogP contribution in [-0.4, -0.2) is 11.3 Å². The summed E-state index contributed by atoms with van der Waals surface area (Å²) in [6.07, 6.45) is 4.37. The van der Waals surface area contributed by atoms with Gasteiger partial charge in [0.15, 0.2) is 6.29 Å². The van der Waals surface area contributed by atoms with Crippen molar-refractivity contribution in [3.63, 3.8) is 0 Å². The van der Waals surface area contributed by atoms with Gasteiger partial charge in [-0.05, 0) is 36.8 Å². The quantitative estimate of drug-likeness (QED) is 0.811. The Morgan fingerprint density at radius 2 is 2.17 bits per heavy atom. The van der Waals surface area contributed by atoms with Crippen molar-refractivity contribution in [2.45, 2.75) is 13.5 Å². The Hall–Kier alpha value is -1.68. The Morgan fingerprint density at radius 1 is 1.33 bits per heavy atom. The number of aryl methyl sites for hydroxylation is 1. The van der Waals surface area contributed by atoms with Crippen LogP contribution in [0.5, 0.6) is 5.75 Å². The molecule has 3 nitrogen and oxygen atoms in total. The molecule has 4 heteroatoms. The van der Waals surface area contributed by atoms with E-state index in [1.165, 1.54) is 0 Å². The highest BCUT2D eigenvalue weighted by Gasteiger charge is 2.02. The molecular weight excluding hydrogens is 294 g/mol. The number of ether oxygens (including phenoxy) is 1. The molecule has 0 saturated carbocycles. The van der Waals surface area contributed by atoms with Crippen molar-refractivity contribution in [2.75, 3.05) is 0 Å². The van der Waals surface area contributed by atoms with Gasteiger partial charge in [0.05, 0.1) is 0 Å². The van der Waals surface area contributed by atoms with Crippen molar-refractivity contribution in [3.8, 4) is 5.75 Å². The summed E-state index contributed by atoms with van der Waals surface area (Å²) in [5.41, 5.74) is 2.68. The highest BCUT2D eigenvalue weighted by Crippen LogP contribution is 2.21. The van der Waals surface area contributed by atoms with Crippen molar-refractivity contribution in [1.82, 2.24) is 4.98 Å². The predicted molar refractivity (Wildman–Crippen MR) is 72.8 cm³/mol. The molecule has 0 spiro atoms. The Morgan fingerprint density at radius 3 is 2.89 bits per heavy atom. The zero-order valence-electron chi connectivity index (χ0n) is 9.89. The van der Waals surface area contributed by atoms with Crippen LogP contribution in [0, 0.1) is 6.92 Å². The Balaban J connectivity index is 2.08. The first-order chi connectivity index (χ1) is 8.69. The van der Waals surface area contributed by atoms with E-state index in [0.717, 1.165) is 21.9 Å². The molecule has 1 heterocycles.